The summed E-state index contributed by atoms with van der Waals surface area (Å²) < 4.78 is 4.78. The third kappa shape index (κ3) is 7.74. The van der Waals surface area contributed by atoms with Crippen LogP contribution in [0.4, 0.5) is 0 Å². The van der Waals surface area contributed by atoms with Gasteiger partial charge < -0.3 is 15.8 Å². The largest absolute Gasteiger partial charge is 0.466 e. The van der Waals surface area contributed by atoms with Gasteiger partial charge in [0, 0.05) is 19.0 Å². The number of carbonyl (C=O) groups excluding carboxylic acids is 1. The summed E-state index contributed by atoms with van der Waals surface area (Å²) in [6, 6.07) is 0.321. The quantitative estimate of drug-likeness (QED) is 0.444. The average molecular weight is 188 g/mol. The van der Waals surface area contributed by atoms with Crippen LogP contribution in [0.5, 0.6) is 0 Å². The molecule has 0 aromatic carbocycles. The predicted molar refractivity (Wildman–Crippen MR) is 52.4 cm³/mol. The normalized spacial score (nSPS) is 12.5. The van der Waals surface area contributed by atoms with E-state index < -0.39 is 0 Å². The zero-order valence-corrected chi connectivity index (χ0v) is 8.51. The molecule has 0 bridgehead atoms. The topological polar surface area (TPSA) is 64.3 Å². The second-order valence-corrected chi connectivity index (χ2v) is 3.00. The highest BCUT2D eigenvalue weighted by Crippen LogP contribution is 1.91. The molecule has 4 heteroatoms. The first-order chi connectivity index (χ1) is 6.20. The molecule has 0 radical (unpaired) electrons. The van der Waals surface area contributed by atoms with E-state index in [1.54, 1.807) is 0 Å². The van der Waals surface area contributed by atoms with Crippen molar-refractivity contribution in [1.82, 2.24) is 5.32 Å². The zero-order chi connectivity index (χ0) is 10.1. The smallest absolute Gasteiger partial charge is 0.305 e. The summed E-state index contributed by atoms with van der Waals surface area (Å²) in [5.74, 6) is -0.121. The van der Waals surface area contributed by atoms with Crippen molar-refractivity contribution in [3.63, 3.8) is 0 Å². The average Bonchev–Trinajstić information content (AvgIpc) is 2.12. The Morgan fingerprint density at radius 2 is 2.31 bits per heavy atom. The number of hydrogen-bond acceptors (Lipinski definition) is 4. The van der Waals surface area contributed by atoms with Gasteiger partial charge in [0.15, 0.2) is 0 Å². The Balaban J connectivity index is 3.20. The Hall–Kier alpha value is -0.610. The molecule has 4 nitrogen and oxygen atoms in total. The maximum atomic E-state index is 10.9. The standard InChI is InChI=1S/C9H20N2O2/c1-3-13-9(12)5-4-6-11-8(2)7-10/h8,11H,3-7,10H2,1-2H3. The van der Waals surface area contributed by atoms with E-state index in [0.29, 0.717) is 25.6 Å². The molecule has 3 N–H and O–H groups in total. The highest BCUT2D eigenvalue weighted by molar-refractivity contribution is 5.69. The summed E-state index contributed by atoms with van der Waals surface area (Å²) in [5.41, 5.74) is 5.41. The molecular weight excluding hydrogens is 168 g/mol. The Morgan fingerprint density at radius 1 is 1.62 bits per heavy atom. The summed E-state index contributed by atoms with van der Waals surface area (Å²) in [7, 11) is 0. The van der Waals surface area contributed by atoms with Crippen molar-refractivity contribution in [1.29, 1.82) is 0 Å². The van der Waals surface area contributed by atoms with Gasteiger partial charge in [-0.1, -0.05) is 0 Å². The lowest BCUT2D eigenvalue weighted by Gasteiger charge is -2.10. The molecule has 0 saturated heterocycles. The molecule has 0 amide bonds. The van der Waals surface area contributed by atoms with Gasteiger partial charge >= 0.3 is 5.97 Å². The molecule has 0 aromatic heterocycles. The molecule has 0 spiro atoms. The molecule has 0 heterocycles. The molecule has 1 atom stereocenters. The van der Waals surface area contributed by atoms with E-state index in [9.17, 15) is 4.79 Å². The third-order valence-electron chi connectivity index (χ3n) is 1.71. The molecule has 0 aromatic rings. The maximum Gasteiger partial charge on any atom is 0.305 e. The molecule has 0 rings (SSSR count). The van der Waals surface area contributed by atoms with Gasteiger partial charge in [0.1, 0.15) is 0 Å². The zero-order valence-electron chi connectivity index (χ0n) is 8.51. The second kappa shape index (κ2) is 8.01. The van der Waals surface area contributed by atoms with Gasteiger partial charge in [-0.25, -0.2) is 0 Å². The van der Waals surface area contributed by atoms with Crippen molar-refractivity contribution >= 4 is 5.97 Å². The number of ether oxygens (including phenoxy) is 1. The summed E-state index contributed by atoms with van der Waals surface area (Å²) in [6.07, 6.45) is 1.29. The Labute approximate surface area is 79.8 Å². The van der Waals surface area contributed by atoms with Crippen molar-refractivity contribution < 1.29 is 9.53 Å². The summed E-state index contributed by atoms with van der Waals surface area (Å²) in [5, 5.41) is 3.20. The fraction of sp³-hybridized carbons (Fsp3) is 0.889. The van der Waals surface area contributed by atoms with Gasteiger partial charge in [0.05, 0.1) is 6.61 Å². The van der Waals surface area contributed by atoms with Crippen LogP contribution in [0.15, 0.2) is 0 Å². The van der Waals surface area contributed by atoms with Crippen LogP contribution in [0.3, 0.4) is 0 Å². The number of nitrogens with one attached hydrogen (secondary N) is 1. The molecule has 0 aliphatic heterocycles. The first-order valence-corrected chi connectivity index (χ1v) is 4.79. The van der Waals surface area contributed by atoms with Gasteiger partial charge in [0.25, 0.3) is 0 Å². The summed E-state index contributed by atoms with van der Waals surface area (Å²) in [6.45, 7) is 5.74. The van der Waals surface area contributed by atoms with Crippen LogP contribution in [-0.2, 0) is 9.53 Å². The number of carbonyl (C=O) groups is 1. The molecule has 0 saturated carbocycles. The first-order valence-electron chi connectivity index (χ1n) is 4.79. The van der Waals surface area contributed by atoms with E-state index >= 15 is 0 Å². The van der Waals surface area contributed by atoms with Crippen molar-refractivity contribution in [2.75, 3.05) is 19.7 Å². The highest BCUT2D eigenvalue weighted by atomic mass is 16.5. The summed E-state index contributed by atoms with van der Waals surface area (Å²) in [4.78, 5) is 10.9. The Kier molecular flexibility index (Phi) is 7.63. The van der Waals surface area contributed by atoms with Crippen molar-refractivity contribution in [2.45, 2.75) is 32.7 Å². The summed E-state index contributed by atoms with van der Waals surface area (Å²) >= 11 is 0. The number of hydrogen-bond donors (Lipinski definition) is 2. The van der Waals surface area contributed by atoms with Crippen molar-refractivity contribution in [3.8, 4) is 0 Å². The van der Waals surface area contributed by atoms with Crippen LogP contribution < -0.4 is 11.1 Å². The molecule has 0 aliphatic carbocycles. The van der Waals surface area contributed by atoms with E-state index in [1.807, 2.05) is 13.8 Å². The van der Waals surface area contributed by atoms with Gasteiger partial charge in [-0.3, -0.25) is 4.79 Å². The SMILES string of the molecule is CCOC(=O)CCCNC(C)CN. The van der Waals surface area contributed by atoms with E-state index in [0.717, 1.165) is 13.0 Å². The van der Waals surface area contributed by atoms with Crippen molar-refractivity contribution in [2.24, 2.45) is 5.73 Å². The lowest BCUT2D eigenvalue weighted by atomic mass is 10.3. The highest BCUT2D eigenvalue weighted by Gasteiger charge is 2.01. The third-order valence-corrected chi connectivity index (χ3v) is 1.71. The monoisotopic (exact) mass is 188 g/mol. The van der Waals surface area contributed by atoms with Crippen LogP contribution in [0.2, 0.25) is 0 Å². The maximum absolute atomic E-state index is 10.9. The number of rotatable bonds is 7. The molecule has 0 fully saturated rings. The Bertz CT molecular complexity index is 140. The molecular formula is C9H20N2O2. The fourth-order valence-corrected chi connectivity index (χ4v) is 0.898. The van der Waals surface area contributed by atoms with Crippen LogP contribution in [0.25, 0.3) is 0 Å². The van der Waals surface area contributed by atoms with Gasteiger partial charge in [-0.15, -0.1) is 0 Å². The van der Waals surface area contributed by atoms with Crippen LogP contribution in [0, 0.1) is 0 Å². The van der Waals surface area contributed by atoms with E-state index in [1.165, 1.54) is 0 Å². The van der Waals surface area contributed by atoms with Gasteiger partial charge in [0.2, 0.25) is 0 Å². The van der Waals surface area contributed by atoms with Crippen LogP contribution in [0.1, 0.15) is 26.7 Å². The van der Waals surface area contributed by atoms with E-state index in [4.69, 9.17) is 10.5 Å². The number of nitrogens with two attached hydrogens (primary N) is 1. The molecule has 0 aliphatic rings. The van der Waals surface area contributed by atoms with Crippen LogP contribution in [-0.4, -0.2) is 31.7 Å². The van der Waals surface area contributed by atoms with E-state index in [2.05, 4.69) is 5.32 Å². The molecule has 1 unspecified atom stereocenters. The predicted octanol–water partition coefficient (Wildman–Crippen LogP) is 0.267. The second-order valence-electron chi connectivity index (χ2n) is 3.00. The minimum atomic E-state index is -0.121. The Morgan fingerprint density at radius 3 is 2.85 bits per heavy atom. The van der Waals surface area contributed by atoms with Gasteiger partial charge in [-0.2, -0.15) is 0 Å². The van der Waals surface area contributed by atoms with E-state index in [-0.39, 0.29) is 5.97 Å². The first kappa shape index (κ1) is 12.4. The molecule has 13 heavy (non-hydrogen) atoms. The van der Waals surface area contributed by atoms with Crippen LogP contribution >= 0.6 is 0 Å². The van der Waals surface area contributed by atoms with Gasteiger partial charge in [-0.05, 0) is 26.8 Å². The lowest BCUT2D eigenvalue weighted by molar-refractivity contribution is -0.143. The molecule has 78 valence electrons. The minimum Gasteiger partial charge on any atom is -0.466 e. The minimum absolute atomic E-state index is 0.121. The van der Waals surface area contributed by atoms with Crippen molar-refractivity contribution in [3.05, 3.63) is 0 Å². The number of esters is 1. The fourth-order valence-electron chi connectivity index (χ4n) is 0.898. The lowest BCUT2D eigenvalue weighted by Crippen LogP contribution is -2.33.